The van der Waals surface area contributed by atoms with Crippen molar-refractivity contribution in [3.63, 3.8) is 0 Å². The average Bonchev–Trinajstić information content (AvgIpc) is 3.02. The molecular weight excluding hydrogens is 222 g/mol. The topological polar surface area (TPSA) is 84.2 Å². The molecule has 1 amide bonds. The zero-order chi connectivity index (χ0) is 12.6. The SMILES string of the molecule is Cc1c(CNC(=O)C2CC2C(=O)O)cnn1C. The molecule has 6 heteroatoms. The second-order valence-electron chi connectivity index (χ2n) is 4.38. The van der Waals surface area contributed by atoms with Gasteiger partial charge in [-0.05, 0) is 13.3 Å². The van der Waals surface area contributed by atoms with Gasteiger partial charge in [0.1, 0.15) is 0 Å². The minimum atomic E-state index is -0.886. The summed E-state index contributed by atoms with van der Waals surface area (Å²) >= 11 is 0. The second kappa shape index (κ2) is 4.20. The molecular formula is C11H15N3O3. The molecule has 0 saturated heterocycles. The summed E-state index contributed by atoms with van der Waals surface area (Å²) in [6, 6.07) is 0. The van der Waals surface area contributed by atoms with Crippen LogP contribution in [0.4, 0.5) is 0 Å². The van der Waals surface area contributed by atoms with Crippen LogP contribution in [0.5, 0.6) is 0 Å². The van der Waals surface area contributed by atoms with E-state index in [9.17, 15) is 9.59 Å². The van der Waals surface area contributed by atoms with Gasteiger partial charge in [0.25, 0.3) is 0 Å². The van der Waals surface area contributed by atoms with E-state index >= 15 is 0 Å². The van der Waals surface area contributed by atoms with Crippen LogP contribution in [0.15, 0.2) is 6.20 Å². The molecule has 1 saturated carbocycles. The van der Waals surface area contributed by atoms with Crippen molar-refractivity contribution in [1.29, 1.82) is 0 Å². The number of amides is 1. The monoisotopic (exact) mass is 237 g/mol. The summed E-state index contributed by atoms with van der Waals surface area (Å²) in [6.45, 7) is 2.33. The number of rotatable bonds is 4. The number of aliphatic carboxylic acids is 1. The molecule has 17 heavy (non-hydrogen) atoms. The second-order valence-corrected chi connectivity index (χ2v) is 4.38. The Kier molecular flexibility index (Phi) is 2.87. The van der Waals surface area contributed by atoms with Gasteiger partial charge in [-0.15, -0.1) is 0 Å². The smallest absolute Gasteiger partial charge is 0.307 e. The van der Waals surface area contributed by atoms with Crippen LogP contribution in [0.3, 0.4) is 0 Å². The van der Waals surface area contributed by atoms with Gasteiger partial charge in [0.2, 0.25) is 5.91 Å². The van der Waals surface area contributed by atoms with Crippen LogP contribution in [0.25, 0.3) is 0 Å². The average molecular weight is 237 g/mol. The summed E-state index contributed by atoms with van der Waals surface area (Å²) in [5.41, 5.74) is 1.95. The fourth-order valence-corrected chi connectivity index (χ4v) is 1.79. The van der Waals surface area contributed by atoms with Gasteiger partial charge < -0.3 is 10.4 Å². The molecule has 1 aromatic heterocycles. The van der Waals surface area contributed by atoms with Crippen LogP contribution in [-0.2, 0) is 23.2 Å². The van der Waals surface area contributed by atoms with E-state index in [1.165, 1.54) is 0 Å². The Labute approximate surface area is 98.6 Å². The predicted octanol–water partition coefficient (Wildman–Crippen LogP) is 0.0654. The highest BCUT2D eigenvalue weighted by atomic mass is 16.4. The minimum absolute atomic E-state index is 0.180. The van der Waals surface area contributed by atoms with Crippen molar-refractivity contribution in [3.05, 3.63) is 17.5 Å². The van der Waals surface area contributed by atoms with E-state index in [4.69, 9.17) is 5.11 Å². The van der Waals surface area contributed by atoms with Gasteiger partial charge in [-0.3, -0.25) is 14.3 Å². The van der Waals surface area contributed by atoms with Crippen LogP contribution in [-0.4, -0.2) is 26.8 Å². The van der Waals surface area contributed by atoms with Crippen molar-refractivity contribution >= 4 is 11.9 Å². The lowest BCUT2D eigenvalue weighted by Gasteiger charge is -2.03. The Balaban J connectivity index is 1.85. The molecule has 2 rings (SSSR count). The van der Waals surface area contributed by atoms with Crippen molar-refractivity contribution in [1.82, 2.24) is 15.1 Å². The van der Waals surface area contributed by atoms with E-state index in [0.717, 1.165) is 11.3 Å². The van der Waals surface area contributed by atoms with E-state index in [0.29, 0.717) is 13.0 Å². The molecule has 6 nitrogen and oxygen atoms in total. The number of nitrogens with one attached hydrogen (secondary N) is 1. The van der Waals surface area contributed by atoms with Gasteiger partial charge in [-0.1, -0.05) is 0 Å². The highest BCUT2D eigenvalue weighted by molar-refractivity contribution is 5.89. The molecule has 1 fully saturated rings. The highest BCUT2D eigenvalue weighted by Gasteiger charge is 2.48. The lowest BCUT2D eigenvalue weighted by atomic mass is 10.2. The first-order valence-corrected chi connectivity index (χ1v) is 5.48. The van der Waals surface area contributed by atoms with Crippen molar-refractivity contribution in [2.45, 2.75) is 19.9 Å². The molecule has 0 spiro atoms. The number of hydrogen-bond acceptors (Lipinski definition) is 3. The normalized spacial score (nSPS) is 22.2. The molecule has 0 aromatic carbocycles. The summed E-state index contributed by atoms with van der Waals surface area (Å²) in [7, 11) is 1.84. The predicted molar refractivity (Wildman–Crippen MR) is 59.0 cm³/mol. The third-order valence-electron chi connectivity index (χ3n) is 3.23. The first-order chi connectivity index (χ1) is 8.00. The van der Waals surface area contributed by atoms with Gasteiger partial charge in [0.05, 0.1) is 18.0 Å². The summed E-state index contributed by atoms with van der Waals surface area (Å²) in [4.78, 5) is 22.2. The maximum absolute atomic E-state index is 11.6. The van der Waals surface area contributed by atoms with E-state index in [2.05, 4.69) is 10.4 Å². The summed E-state index contributed by atoms with van der Waals surface area (Å²) < 4.78 is 1.73. The standard InChI is InChI=1S/C11H15N3O3/c1-6-7(5-13-14(6)2)4-12-10(15)8-3-9(8)11(16)17/h5,8-9H,3-4H2,1-2H3,(H,12,15)(H,16,17). The molecule has 0 radical (unpaired) electrons. The molecule has 1 aliphatic rings. The number of carbonyl (C=O) groups is 2. The quantitative estimate of drug-likeness (QED) is 0.775. The van der Waals surface area contributed by atoms with E-state index < -0.39 is 11.9 Å². The number of carbonyl (C=O) groups excluding carboxylic acids is 1. The number of hydrogen-bond donors (Lipinski definition) is 2. The number of carboxylic acid groups (broad SMARTS) is 1. The van der Waals surface area contributed by atoms with E-state index in [1.807, 2.05) is 14.0 Å². The van der Waals surface area contributed by atoms with Gasteiger partial charge >= 0.3 is 5.97 Å². The zero-order valence-electron chi connectivity index (χ0n) is 9.80. The minimum Gasteiger partial charge on any atom is -0.481 e. The maximum Gasteiger partial charge on any atom is 0.307 e. The zero-order valence-corrected chi connectivity index (χ0v) is 9.80. The lowest BCUT2D eigenvalue weighted by Crippen LogP contribution is -2.26. The van der Waals surface area contributed by atoms with Crippen LogP contribution in [0.1, 0.15) is 17.7 Å². The molecule has 0 aliphatic heterocycles. The molecule has 2 N–H and O–H groups in total. The van der Waals surface area contributed by atoms with E-state index in [1.54, 1.807) is 10.9 Å². The molecule has 0 bridgehead atoms. The Morgan fingerprint density at radius 1 is 1.59 bits per heavy atom. The third-order valence-corrected chi connectivity index (χ3v) is 3.23. The van der Waals surface area contributed by atoms with E-state index in [-0.39, 0.29) is 11.8 Å². The maximum atomic E-state index is 11.6. The molecule has 1 aliphatic carbocycles. The Hall–Kier alpha value is -1.85. The highest BCUT2D eigenvalue weighted by Crippen LogP contribution is 2.38. The third kappa shape index (κ3) is 2.30. The molecule has 1 heterocycles. The Bertz CT molecular complexity index is 467. The van der Waals surface area contributed by atoms with Gasteiger partial charge in [-0.25, -0.2) is 0 Å². The summed E-state index contributed by atoms with van der Waals surface area (Å²) in [5, 5.41) is 15.5. The fraction of sp³-hybridized carbons (Fsp3) is 0.545. The summed E-state index contributed by atoms with van der Waals surface area (Å²) in [5.74, 6) is -1.92. The number of carboxylic acids is 1. The fourth-order valence-electron chi connectivity index (χ4n) is 1.79. The number of nitrogens with zero attached hydrogens (tertiary/aromatic N) is 2. The lowest BCUT2D eigenvalue weighted by molar-refractivity contribution is -0.140. The van der Waals surface area contributed by atoms with Crippen molar-refractivity contribution in [3.8, 4) is 0 Å². The first kappa shape index (κ1) is 11.6. The van der Waals surface area contributed by atoms with Crippen molar-refractivity contribution in [2.24, 2.45) is 18.9 Å². The molecule has 2 atom stereocenters. The number of aromatic nitrogens is 2. The molecule has 2 unspecified atom stereocenters. The molecule has 92 valence electrons. The summed E-state index contributed by atoms with van der Waals surface area (Å²) in [6.07, 6.45) is 2.16. The Morgan fingerprint density at radius 3 is 2.76 bits per heavy atom. The first-order valence-electron chi connectivity index (χ1n) is 5.48. The van der Waals surface area contributed by atoms with Gasteiger partial charge in [0.15, 0.2) is 0 Å². The van der Waals surface area contributed by atoms with Crippen LogP contribution in [0.2, 0.25) is 0 Å². The van der Waals surface area contributed by atoms with Crippen LogP contribution >= 0.6 is 0 Å². The Morgan fingerprint density at radius 2 is 2.29 bits per heavy atom. The van der Waals surface area contributed by atoms with Crippen molar-refractivity contribution in [2.75, 3.05) is 0 Å². The number of aryl methyl sites for hydroxylation is 1. The van der Waals surface area contributed by atoms with Crippen LogP contribution in [0, 0.1) is 18.8 Å². The van der Waals surface area contributed by atoms with Gasteiger partial charge in [0, 0.05) is 24.8 Å². The van der Waals surface area contributed by atoms with Crippen LogP contribution < -0.4 is 5.32 Å². The molecule has 1 aromatic rings. The van der Waals surface area contributed by atoms with Crippen molar-refractivity contribution < 1.29 is 14.7 Å². The largest absolute Gasteiger partial charge is 0.481 e. The van der Waals surface area contributed by atoms with Gasteiger partial charge in [-0.2, -0.15) is 5.10 Å².